The van der Waals surface area contributed by atoms with E-state index < -0.39 is 5.60 Å². The first kappa shape index (κ1) is 8.68. The summed E-state index contributed by atoms with van der Waals surface area (Å²) in [6.45, 7) is 0.145. The van der Waals surface area contributed by atoms with Crippen LogP contribution in [0.15, 0.2) is 0 Å². The summed E-state index contributed by atoms with van der Waals surface area (Å²) in [6, 6.07) is 0. The van der Waals surface area contributed by atoms with E-state index in [1.54, 1.807) is 0 Å². The summed E-state index contributed by atoms with van der Waals surface area (Å²) in [5.74, 6) is -0.0643. The van der Waals surface area contributed by atoms with E-state index in [9.17, 15) is 9.90 Å². The minimum Gasteiger partial charge on any atom is -0.381 e. The summed E-state index contributed by atoms with van der Waals surface area (Å²) in [5.41, 5.74) is -1.17. The van der Waals surface area contributed by atoms with Crippen LogP contribution in [-0.2, 0) is 9.53 Å². The van der Waals surface area contributed by atoms with E-state index in [0.29, 0.717) is 12.8 Å². The fourth-order valence-corrected chi connectivity index (χ4v) is 1.47. The van der Waals surface area contributed by atoms with Crippen LogP contribution in [0, 0.1) is 0 Å². The van der Waals surface area contributed by atoms with E-state index in [0.717, 1.165) is 12.8 Å². The third-order valence-corrected chi connectivity index (χ3v) is 2.15. The molecule has 3 heteroatoms. The Morgan fingerprint density at radius 1 is 1.64 bits per heavy atom. The van der Waals surface area contributed by atoms with Gasteiger partial charge in [0.05, 0.1) is 6.61 Å². The van der Waals surface area contributed by atoms with Crippen LogP contribution >= 0.6 is 0 Å². The van der Waals surface area contributed by atoms with Crippen LogP contribution in [0.5, 0.6) is 0 Å². The first-order valence-electron chi connectivity index (χ1n) is 3.94. The summed E-state index contributed by atoms with van der Waals surface area (Å²) in [6.07, 6.45) is 2.88. The van der Waals surface area contributed by atoms with Crippen molar-refractivity contribution in [3.05, 3.63) is 0 Å². The van der Waals surface area contributed by atoms with E-state index in [2.05, 4.69) is 0 Å². The van der Waals surface area contributed by atoms with Gasteiger partial charge in [-0.1, -0.05) is 0 Å². The third-order valence-electron chi connectivity index (χ3n) is 2.15. The molecule has 0 aromatic heterocycles. The van der Waals surface area contributed by atoms with Crippen molar-refractivity contribution < 1.29 is 14.6 Å². The predicted molar refractivity (Wildman–Crippen MR) is 40.3 cm³/mol. The van der Waals surface area contributed by atoms with Crippen molar-refractivity contribution in [2.45, 2.75) is 31.3 Å². The molecule has 64 valence electrons. The molecule has 1 N–H and O–H groups in total. The third kappa shape index (κ3) is 1.79. The molecule has 0 aromatic carbocycles. The van der Waals surface area contributed by atoms with E-state index >= 15 is 0 Å². The monoisotopic (exact) mass is 158 g/mol. The van der Waals surface area contributed by atoms with Crippen molar-refractivity contribution in [3.8, 4) is 0 Å². The molecule has 0 spiro atoms. The number of ether oxygens (including phenoxy) is 1. The molecular weight excluding hydrogens is 144 g/mol. The van der Waals surface area contributed by atoms with Crippen LogP contribution in [0.25, 0.3) is 0 Å². The first-order chi connectivity index (χ1) is 5.19. The van der Waals surface area contributed by atoms with Crippen LogP contribution in [0.4, 0.5) is 0 Å². The largest absolute Gasteiger partial charge is 0.381 e. The van der Waals surface area contributed by atoms with Crippen LogP contribution in [0.3, 0.4) is 0 Å². The molecule has 1 unspecified atom stereocenters. The van der Waals surface area contributed by atoms with Crippen LogP contribution < -0.4 is 0 Å². The maximum absolute atomic E-state index is 11.2. The number of ketones is 1. The SMILES string of the molecule is COCC1(O)CCCCC1=O. The number of hydrogen-bond donors (Lipinski definition) is 1. The molecule has 1 aliphatic rings. The van der Waals surface area contributed by atoms with Crippen LogP contribution in [0.1, 0.15) is 25.7 Å². The van der Waals surface area contributed by atoms with Crippen molar-refractivity contribution in [3.63, 3.8) is 0 Å². The lowest BCUT2D eigenvalue weighted by atomic mass is 9.84. The molecule has 1 fully saturated rings. The number of methoxy groups -OCH3 is 1. The van der Waals surface area contributed by atoms with E-state index in [-0.39, 0.29) is 12.4 Å². The average Bonchev–Trinajstić information content (AvgIpc) is 1.96. The highest BCUT2D eigenvalue weighted by atomic mass is 16.5. The molecule has 0 aromatic rings. The van der Waals surface area contributed by atoms with Crippen molar-refractivity contribution in [1.82, 2.24) is 0 Å². The topological polar surface area (TPSA) is 46.5 Å². The van der Waals surface area contributed by atoms with Crippen molar-refractivity contribution >= 4 is 5.78 Å². The standard InChI is InChI=1S/C8H14O3/c1-11-6-8(10)5-3-2-4-7(8)9/h10H,2-6H2,1H3. The number of aliphatic hydroxyl groups is 1. The molecule has 0 saturated heterocycles. The van der Waals surface area contributed by atoms with Crippen molar-refractivity contribution in [2.24, 2.45) is 0 Å². The van der Waals surface area contributed by atoms with Gasteiger partial charge < -0.3 is 9.84 Å². The van der Waals surface area contributed by atoms with Gasteiger partial charge in [0.25, 0.3) is 0 Å². The van der Waals surface area contributed by atoms with E-state index in [1.165, 1.54) is 7.11 Å². The summed E-state index contributed by atoms with van der Waals surface area (Å²) in [7, 11) is 1.50. The van der Waals surface area contributed by atoms with E-state index in [1.807, 2.05) is 0 Å². The molecule has 0 aliphatic heterocycles. The molecule has 3 nitrogen and oxygen atoms in total. The minimum atomic E-state index is -1.17. The Kier molecular flexibility index (Phi) is 2.62. The Bertz CT molecular complexity index is 151. The summed E-state index contributed by atoms with van der Waals surface area (Å²) >= 11 is 0. The number of Topliss-reactive ketones (excluding diaryl/α,β-unsaturated/α-hetero) is 1. The Balaban J connectivity index is 2.57. The van der Waals surface area contributed by atoms with E-state index in [4.69, 9.17) is 4.74 Å². The normalized spacial score (nSPS) is 32.4. The Hall–Kier alpha value is -0.410. The average molecular weight is 158 g/mol. The molecule has 1 atom stereocenters. The molecule has 1 aliphatic carbocycles. The smallest absolute Gasteiger partial charge is 0.166 e. The highest BCUT2D eigenvalue weighted by Gasteiger charge is 2.37. The van der Waals surface area contributed by atoms with Crippen molar-refractivity contribution in [1.29, 1.82) is 0 Å². The zero-order valence-electron chi connectivity index (χ0n) is 6.80. The molecule has 0 bridgehead atoms. The van der Waals surface area contributed by atoms with Gasteiger partial charge in [0.15, 0.2) is 5.78 Å². The lowest BCUT2D eigenvalue weighted by Crippen LogP contribution is -2.45. The Labute approximate surface area is 66.4 Å². The quantitative estimate of drug-likeness (QED) is 0.636. The highest BCUT2D eigenvalue weighted by Crippen LogP contribution is 2.24. The summed E-state index contributed by atoms with van der Waals surface area (Å²) in [5, 5.41) is 9.67. The fourth-order valence-electron chi connectivity index (χ4n) is 1.47. The maximum atomic E-state index is 11.2. The molecular formula is C8H14O3. The molecule has 1 rings (SSSR count). The van der Waals surface area contributed by atoms with Gasteiger partial charge in [-0.2, -0.15) is 0 Å². The molecule has 11 heavy (non-hydrogen) atoms. The molecule has 1 saturated carbocycles. The minimum absolute atomic E-state index is 0.0643. The van der Waals surface area contributed by atoms with Crippen LogP contribution in [-0.4, -0.2) is 30.2 Å². The highest BCUT2D eigenvalue weighted by molar-refractivity contribution is 5.87. The second kappa shape index (κ2) is 3.32. The number of carbonyl (C=O) groups excluding carboxylic acids is 1. The molecule has 0 heterocycles. The van der Waals surface area contributed by atoms with Gasteiger partial charge in [0.1, 0.15) is 5.60 Å². The lowest BCUT2D eigenvalue weighted by molar-refractivity contribution is -0.147. The van der Waals surface area contributed by atoms with Gasteiger partial charge >= 0.3 is 0 Å². The lowest BCUT2D eigenvalue weighted by Gasteiger charge is -2.29. The van der Waals surface area contributed by atoms with Gasteiger partial charge in [-0.3, -0.25) is 4.79 Å². The number of hydrogen-bond acceptors (Lipinski definition) is 3. The van der Waals surface area contributed by atoms with Gasteiger partial charge in [0.2, 0.25) is 0 Å². The summed E-state index contributed by atoms with van der Waals surface area (Å²) in [4.78, 5) is 11.2. The second-order valence-corrected chi connectivity index (χ2v) is 3.09. The number of carbonyl (C=O) groups is 1. The number of rotatable bonds is 2. The molecule has 0 radical (unpaired) electrons. The Morgan fingerprint density at radius 2 is 2.36 bits per heavy atom. The second-order valence-electron chi connectivity index (χ2n) is 3.09. The van der Waals surface area contributed by atoms with Gasteiger partial charge in [-0.25, -0.2) is 0 Å². The van der Waals surface area contributed by atoms with Gasteiger partial charge in [-0.05, 0) is 19.3 Å². The summed E-state index contributed by atoms with van der Waals surface area (Å²) < 4.78 is 4.78. The van der Waals surface area contributed by atoms with Gasteiger partial charge in [0, 0.05) is 13.5 Å². The van der Waals surface area contributed by atoms with Gasteiger partial charge in [-0.15, -0.1) is 0 Å². The predicted octanol–water partition coefficient (Wildman–Crippen LogP) is 0.507. The maximum Gasteiger partial charge on any atom is 0.166 e. The zero-order valence-corrected chi connectivity index (χ0v) is 6.80. The molecule has 0 amide bonds. The van der Waals surface area contributed by atoms with Crippen LogP contribution in [0.2, 0.25) is 0 Å². The zero-order chi connectivity index (χ0) is 8.32. The first-order valence-corrected chi connectivity index (χ1v) is 3.94. The van der Waals surface area contributed by atoms with Crippen molar-refractivity contribution in [2.75, 3.05) is 13.7 Å². The fraction of sp³-hybridized carbons (Fsp3) is 0.875. The Morgan fingerprint density at radius 3 is 2.91 bits per heavy atom.